The van der Waals surface area contributed by atoms with Gasteiger partial charge in [0.2, 0.25) is 0 Å². The van der Waals surface area contributed by atoms with Gasteiger partial charge in [-0.25, -0.2) is 4.68 Å². The van der Waals surface area contributed by atoms with Gasteiger partial charge in [0.1, 0.15) is 11.3 Å². The summed E-state index contributed by atoms with van der Waals surface area (Å²) < 4.78 is 7.50. The van der Waals surface area contributed by atoms with Crippen molar-refractivity contribution in [1.29, 1.82) is 0 Å². The molecular formula is C21H18ClN3O2. The number of carbonyl (C=O) groups excluding carboxylic acids is 1. The Hall–Kier alpha value is -3.05. The number of fused-ring (bicyclic) bond motifs is 1. The summed E-state index contributed by atoms with van der Waals surface area (Å²) in [5, 5.41) is 5.98. The van der Waals surface area contributed by atoms with Gasteiger partial charge in [-0.05, 0) is 37.3 Å². The number of benzene rings is 2. The Labute approximate surface area is 161 Å². The molecule has 2 aromatic carbocycles. The molecule has 2 aromatic heterocycles. The predicted octanol–water partition coefficient (Wildman–Crippen LogP) is 5.11. The molecule has 1 unspecified atom stereocenters. The first kappa shape index (κ1) is 17.4. The second kappa shape index (κ2) is 6.93. The fourth-order valence-corrected chi connectivity index (χ4v) is 3.19. The smallest absolute Gasteiger partial charge is 0.274 e. The average Bonchev–Trinajstić information content (AvgIpc) is 3.33. The van der Waals surface area contributed by atoms with Gasteiger partial charge in [-0.3, -0.25) is 4.79 Å². The lowest BCUT2D eigenvalue weighted by molar-refractivity contribution is 0.0721. The molecule has 0 bridgehead atoms. The molecule has 0 N–H and O–H groups in total. The normalized spacial score (nSPS) is 12.3. The predicted molar refractivity (Wildman–Crippen MR) is 105 cm³/mol. The fraction of sp³-hybridized carbons (Fsp3) is 0.143. The minimum Gasteiger partial charge on any atom is -0.459 e. The first-order valence-electron chi connectivity index (χ1n) is 8.61. The Kier molecular flexibility index (Phi) is 4.46. The number of para-hydroxylation sites is 2. The molecular weight excluding hydrogens is 362 g/mol. The number of furan rings is 1. The Morgan fingerprint density at radius 1 is 1.15 bits per heavy atom. The number of halogens is 1. The van der Waals surface area contributed by atoms with Gasteiger partial charge in [-0.1, -0.05) is 41.9 Å². The van der Waals surface area contributed by atoms with Crippen molar-refractivity contribution in [2.75, 3.05) is 7.05 Å². The van der Waals surface area contributed by atoms with E-state index in [1.54, 1.807) is 35.0 Å². The summed E-state index contributed by atoms with van der Waals surface area (Å²) in [6.07, 6.45) is 1.73. The van der Waals surface area contributed by atoms with Crippen LogP contribution in [0.15, 0.2) is 71.3 Å². The zero-order valence-electron chi connectivity index (χ0n) is 15.0. The average molecular weight is 380 g/mol. The molecule has 0 aliphatic heterocycles. The minimum atomic E-state index is -0.227. The first-order valence-corrected chi connectivity index (χ1v) is 8.98. The molecule has 6 heteroatoms. The van der Waals surface area contributed by atoms with E-state index in [1.807, 2.05) is 55.5 Å². The van der Waals surface area contributed by atoms with Crippen LogP contribution in [0.5, 0.6) is 0 Å². The molecule has 0 fully saturated rings. The van der Waals surface area contributed by atoms with Crippen LogP contribution in [-0.4, -0.2) is 27.6 Å². The van der Waals surface area contributed by atoms with E-state index < -0.39 is 0 Å². The van der Waals surface area contributed by atoms with Crippen LogP contribution in [-0.2, 0) is 0 Å². The summed E-state index contributed by atoms with van der Waals surface area (Å²) in [4.78, 5) is 14.5. The molecule has 0 aliphatic carbocycles. The van der Waals surface area contributed by atoms with Crippen molar-refractivity contribution in [3.8, 4) is 5.69 Å². The molecule has 0 saturated heterocycles. The third-order valence-corrected chi connectivity index (χ3v) is 4.98. The standard InChI is InChI=1S/C21H18ClN3O2/c1-14(20-13-15-7-3-6-10-19(15)27-20)24(2)21(26)17-11-12-25(23-17)18-9-5-4-8-16(18)22/h3-14H,1-2H3. The molecule has 4 rings (SSSR count). The van der Waals surface area contributed by atoms with Crippen molar-refractivity contribution in [2.45, 2.75) is 13.0 Å². The van der Waals surface area contributed by atoms with Crippen molar-refractivity contribution in [3.63, 3.8) is 0 Å². The maximum Gasteiger partial charge on any atom is 0.274 e. The van der Waals surface area contributed by atoms with Crippen LogP contribution in [0, 0.1) is 0 Å². The molecule has 0 radical (unpaired) electrons. The number of hydrogen-bond acceptors (Lipinski definition) is 3. The summed E-state index contributed by atoms with van der Waals surface area (Å²) in [7, 11) is 1.74. The highest BCUT2D eigenvalue weighted by atomic mass is 35.5. The highest BCUT2D eigenvalue weighted by Gasteiger charge is 2.23. The van der Waals surface area contributed by atoms with Gasteiger partial charge >= 0.3 is 0 Å². The fourth-order valence-electron chi connectivity index (χ4n) is 2.97. The van der Waals surface area contributed by atoms with Crippen LogP contribution in [0.25, 0.3) is 16.7 Å². The van der Waals surface area contributed by atoms with Crippen LogP contribution >= 0.6 is 11.6 Å². The van der Waals surface area contributed by atoms with E-state index in [4.69, 9.17) is 16.0 Å². The highest BCUT2D eigenvalue weighted by molar-refractivity contribution is 6.32. The largest absolute Gasteiger partial charge is 0.459 e. The van der Waals surface area contributed by atoms with Gasteiger partial charge in [-0.2, -0.15) is 5.10 Å². The van der Waals surface area contributed by atoms with Gasteiger partial charge < -0.3 is 9.32 Å². The van der Waals surface area contributed by atoms with E-state index in [0.29, 0.717) is 10.7 Å². The van der Waals surface area contributed by atoms with E-state index in [0.717, 1.165) is 22.4 Å². The number of hydrogen-bond donors (Lipinski definition) is 0. The van der Waals surface area contributed by atoms with E-state index in [2.05, 4.69) is 5.10 Å². The summed E-state index contributed by atoms with van der Waals surface area (Å²) in [6.45, 7) is 1.93. The van der Waals surface area contributed by atoms with Crippen LogP contribution < -0.4 is 0 Å². The minimum absolute atomic E-state index is 0.186. The molecule has 0 saturated carbocycles. The number of rotatable bonds is 4. The molecule has 1 amide bonds. The maximum absolute atomic E-state index is 12.9. The van der Waals surface area contributed by atoms with Crippen LogP contribution in [0.4, 0.5) is 0 Å². The second-order valence-electron chi connectivity index (χ2n) is 6.38. The van der Waals surface area contributed by atoms with Gasteiger partial charge in [0, 0.05) is 18.6 Å². The van der Waals surface area contributed by atoms with Crippen molar-refractivity contribution in [1.82, 2.24) is 14.7 Å². The lowest BCUT2D eigenvalue weighted by atomic mass is 10.2. The Bertz CT molecular complexity index is 1080. The number of aromatic nitrogens is 2. The molecule has 0 aliphatic rings. The van der Waals surface area contributed by atoms with Crippen molar-refractivity contribution >= 4 is 28.5 Å². The first-order chi connectivity index (χ1) is 13.0. The summed E-state index contributed by atoms with van der Waals surface area (Å²) in [5.41, 5.74) is 1.88. The third-order valence-electron chi connectivity index (χ3n) is 4.67. The van der Waals surface area contributed by atoms with Crippen LogP contribution in [0.1, 0.15) is 29.2 Å². The Morgan fingerprint density at radius 3 is 2.67 bits per heavy atom. The molecule has 27 heavy (non-hydrogen) atoms. The quantitative estimate of drug-likeness (QED) is 0.495. The lowest BCUT2D eigenvalue weighted by Gasteiger charge is -2.22. The second-order valence-corrected chi connectivity index (χ2v) is 6.78. The Balaban J connectivity index is 1.58. The monoisotopic (exact) mass is 379 g/mol. The van der Waals surface area contributed by atoms with Gasteiger partial charge in [-0.15, -0.1) is 0 Å². The maximum atomic E-state index is 12.9. The molecule has 1 atom stereocenters. The highest BCUT2D eigenvalue weighted by Crippen LogP contribution is 2.27. The lowest BCUT2D eigenvalue weighted by Crippen LogP contribution is -2.29. The summed E-state index contributed by atoms with van der Waals surface area (Å²) >= 11 is 6.21. The number of nitrogens with zero attached hydrogens (tertiary/aromatic N) is 3. The van der Waals surface area contributed by atoms with Crippen LogP contribution in [0.2, 0.25) is 5.02 Å². The molecule has 4 aromatic rings. The number of amides is 1. The molecule has 5 nitrogen and oxygen atoms in total. The van der Waals surface area contributed by atoms with Gasteiger partial charge in [0.05, 0.1) is 16.8 Å². The van der Waals surface area contributed by atoms with E-state index in [-0.39, 0.29) is 11.9 Å². The number of carbonyl (C=O) groups is 1. The van der Waals surface area contributed by atoms with E-state index in [1.165, 1.54) is 0 Å². The molecule has 2 heterocycles. The molecule has 0 spiro atoms. The SMILES string of the molecule is CC(c1cc2ccccc2o1)N(C)C(=O)c1ccn(-c2ccccc2Cl)n1. The van der Waals surface area contributed by atoms with E-state index >= 15 is 0 Å². The van der Waals surface area contributed by atoms with Gasteiger partial charge in [0.25, 0.3) is 5.91 Å². The summed E-state index contributed by atoms with van der Waals surface area (Å²) in [6, 6.07) is 18.6. The van der Waals surface area contributed by atoms with Gasteiger partial charge in [0.15, 0.2) is 5.69 Å². The zero-order valence-corrected chi connectivity index (χ0v) is 15.7. The topological polar surface area (TPSA) is 51.3 Å². The van der Waals surface area contributed by atoms with Crippen LogP contribution in [0.3, 0.4) is 0 Å². The summed E-state index contributed by atoms with van der Waals surface area (Å²) in [5.74, 6) is 0.548. The Morgan fingerprint density at radius 2 is 1.89 bits per heavy atom. The third kappa shape index (κ3) is 3.22. The molecule has 136 valence electrons. The zero-order chi connectivity index (χ0) is 19.0. The van der Waals surface area contributed by atoms with Crippen molar-refractivity contribution in [2.24, 2.45) is 0 Å². The van der Waals surface area contributed by atoms with Crippen molar-refractivity contribution < 1.29 is 9.21 Å². The van der Waals surface area contributed by atoms with Crippen molar-refractivity contribution in [3.05, 3.63) is 83.3 Å². The van der Waals surface area contributed by atoms with E-state index in [9.17, 15) is 4.79 Å².